The van der Waals surface area contributed by atoms with E-state index < -0.39 is 0 Å². The summed E-state index contributed by atoms with van der Waals surface area (Å²) in [5.74, 6) is 1.62. The first-order valence-electron chi connectivity index (χ1n) is 5.06. The first-order valence-corrected chi connectivity index (χ1v) is 5.06. The van der Waals surface area contributed by atoms with Gasteiger partial charge in [0.25, 0.3) is 6.33 Å². The van der Waals surface area contributed by atoms with Crippen molar-refractivity contribution in [3.05, 3.63) is 18.7 Å². The molecule has 5 heteroatoms. The predicted octanol–water partition coefficient (Wildman–Crippen LogP) is -2.76. The summed E-state index contributed by atoms with van der Waals surface area (Å²) in [6.45, 7) is 1.93. The molecule has 2 atom stereocenters. The minimum Gasteiger partial charge on any atom is -1.00 e. The Morgan fingerprint density at radius 2 is 2.07 bits per heavy atom. The summed E-state index contributed by atoms with van der Waals surface area (Å²) in [6, 6.07) is 0.123. The van der Waals surface area contributed by atoms with Crippen molar-refractivity contribution in [2.24, 2.45) is 18.9 Å². The Labute approximate surface area is 106 Å². The van der Waals surface area contributed by atoms with Crippen LogP contribution in [0.15, 0.2) is 18.7 Å². The Bertz CT molecular complexity index is 380. The van der Waals surface area contributed by atoms with Crippen molar-refractivity contribution in [3.8, 4) is 0 Å². The lowest BCUT2D eigenvalue weighted by atomic mass is 10.4. The van der Waals surface area contributed by atoms with Gasteiger partial charge in [-0.1, -0.05) is 0 Å². The van der Waals surface area contributed by atoms with E-state index in [1.165, 1.54) is 6.42 Å². The molecule has 2 aliphatic rings. The third-order valence-corrected chi connectivity index (χ3v) is 3.24. The number of carbonyl (C=O) groups excluding carboxylic acids is 1. The van der Waals surface area contributed by atoms with Gasteiger partial charge in [0, 0.05) is 13.1 Å². The predicted molar refractivity (Wildman–Crippen MR) is 49.6 cm³/mol. The molecule has 2 fully saturated rings. The molecule has 2 heterocycles. The number of nitrogens with zero attached hydrogens (tertiary/aromatic N) is 3. The zero-order chi connectivity index (χ0) is 9.71. The third-order valence-electron chi connectivity index (χ3n) is 3.24. The van der Waals surface area contributed by atoms with Crippen molar-refractivity contribution in [2.45, 2.75) is 6.42 Å². The van der Waals surface area contributed by atoms with E-state index in [1.54, 1.807) is 4.57 Å². The van der Waals surface area contributed by atoms with Crippen LogP contribution in [0, 0.1) is 11.8 Å². The van der Waals surface area contributed by atoms with Gasteiger partial charge in [-0.3, -0.25) is 0 Å². The number of rotatable bonds is 0. The van der Waals surface area contributed by atoms with Gasteiger partial charge < -0.3 is 28.9 Å². The molecule has 4 nitrogen and oxygen atoms in total. The van der Waals surface area contributed by atoms with Crippen LogP contribution in [0.3, 0.4) is 0 Å². The van der Waals surface area contributed by atoms with Gasteiger partial charge in [-0.2, -0.15) is 4.57 Å². The first-order chi connectivity index (χ1) is 6.74. The molecule has 1 aromatic heterocycles. The molecule has 1 saturated heterocycles. The van der Waals surface area contributed by atoms with E-state index in [2.05, 4.69) is 0 Å². The summed E-state index contributed by atoms with van der Waals surface area (Å²) < 4.78 is 3.54. The molecule has 0 spiro atoms. The van der Waals surface area contributed by atoms with Crippen LogP contribution in [-0.4, -0.2) is 28.6 Å². The molecular formula is C10H14IN3O. The number of aryl methyl sites for hydroxylation is 1. The van der Waals surface area contributed by atoms with E-state index in [1.807, 2.05) is 35.2 Å². The Kier molecular flexibility index (Phi) is 2.74. The van der Waals surface area contributed by atoms with Gasteiger partial charge in [-0.25, -0.2) is 9.36 Å². The molecule has 1 saturated carbocycles. The van der Waals surface area contributed by atoms with Gasteiger partial charge in [0.2, 0.25) is 0 Å². The van der Waals surface area contributed by atoms with Crippen molar-refractivity contribution < 1.29 is 33.3 Å². The molecule has 82 valence electrons. The largest absolute Gasteiger partial charge is 1.00 e. The fraction of sp³-hybridized carbons (Fsp3) is 0.600. The van der Waals surface area contributed by atoms with Crippen molar-refractivity contribution in [1.29, 1.82) is 0 Å². The molecule has 3 rings (SSSR count). The lowest BCUT2D eigenvalue weighted by Gasteiger charge is -2.13. The third kappa shape index (κ3) is 1.89. The minimum atomic E-state index is 0. The number of halogens is 1. The van der Waals surface area contributed by atoms with Crippen LogP contribution in [0.1, 0.15) is 6.42 Å². The zero-order valence-corrected chi connectivity index (χ0v) is 10.8. The topological polar surface area (TPSA) is 29.1 Å². The minimum absolute atomic E-state index is 0. The standard InChI is InChI=1S/C10H14N3O.HI/c1-11-2-3-12(7-11)10(14)13-5-8-4-9(8)6-13;/h2-3,7-9H,4-6H2,1H3;1H/q+1;/p-1. The van der Waals surface area contributed by atoms with E-state index >= 15 is 0 Å². The van der Waals surface area contributed by atoms with Crippen LogP contribution < -0.4 is 28.5 Å². The van der Waals surface area contributed by atoms with Gasteiger partial charge in [0.05, 0.1) is 7.05 Å². The average molecular weight is 319 g/mol. The summed E-state index contributed by atoms with van der Waals surface area (Å²) in [5.41, 5.74) is 0. The molecule has 2 unspecified atom stereocenters. The maximum Gasteiger partial charge on any atom is 0.415 e. The molecule has 1 aromatic rings. The smallest absolute Gasteiger partial charge is 0.415 e. The summed E-state index contributed by atoms with van der Waals surface area (Å²) in [7, 11) is 1.92. The van der Waals surface area contributed by atoms with E-state index in [4.69, 9.17) is 0 Å². The van der Waals surface area contributed by atoms with Gasteiger partial charge in [-0.15, -0.1) is 0 Å². The quantitative estimate of drug-likeness (QED) is 0.376. The van der Waals surface area contributed by atoms with Crippen LogP contribution in [0.2, 0.25) is 0 Å². The second-order valence-corrected chi connectivity index (χ2v) is 4.43. The van der Waals surface area contributed by atoms with E-state index in [0.717, 1.165) is 24.9 Å². The summed E-state index contributed by atoms with van der Waals surface area (Å²) in [6.07, 6.45) is 6.84. The van der Waals surface area contributed by atoms with Gasteiger partial charge in [0.1, 0.15) is 12.4 Å². The second kappa shape index (κ2) is 3.77. The number of piperidine rings is 1. The maximum atomic E-state index is 11.9. The molecule has 0 N–H and O–H groups in total. The van der Waals surface area contributed by atoms with Crippen LogP contribution >= 0.6 is 0 Å². The Balaban J connectivity index is 0.000000853. The molecule has 1 aliphatic heterocycles. The van der Waals surface area contributed by atoms with Crippen LogP contribution in [0.4, 0.5) is 4.79 Å². The van der Waals surface area contributed by atoms with E-state index in [-0.39, 0.29) is 30.0 Å². The fourth-order valence-electron chi connectivity index (χ4n) is 2.28. The molecule has 0 radical (unpaired) electrons. The highest BCUT2D eigenvalue weighted by Crippen LogP contribution is 2.44. The number of hydrogen-bond acceptors (Lipinski definition) is 1. The number of aromatic nitrogens is 2. The summed E-state index contributed by atoms with van der Waals surface area (Å²) in [5, 5.41) is 0. The first kappa shape index (κ1) is 10.9. The lowest BCUT2D eigenvalue weighted by Crippen LogP contribution is -3.00. The zero-order valence-electron chi connectivity index (χ0n) is 8.64. The SMILES string of the molecule is C[n+]1ccn(C(=O)N2CC3CC3C2)c1.[I-]. The monoisotopic (exact) mass is 319 g/mol. The molecular weight excluding hydrogens is 305 g/mol. The van der Waals surface area contributed by atoms with Crippen LogP contribution in [-0.2, 0) is 7.05 Å². The van der Waals surface area contributed by atoms with E-state index in [9.17, 15) is 4.79 Å². The number of hydrogen-bond donors (Lipinski definition) is 0. The molecule has 1 aliphatic carbocycles. The molecule has 0 bridgehead atoms. The second-order valence-electron chi connectivity index (χ2n) is 4.43. The van der Waals surface area contributed by atoms with Crippen molar-refractivity contribution in [2.75, 3.05) is 13.1 Å². The summed E-state index contributed by atoms with van der Waals surface area (Å²) in [4.78, 5) is 13.9. The normalized spacial score (nSPS) is 27.1. The number of carbonyl (C=O) groups is 1. The van der Waals surface area contributed by atoms with Crippen molar-refractivity contribution in [3.63, 3.8) is 0 Å². The lowest BCUT2D eigenvalue weighted by molar-refractivity contribution is -0.670. The maximum absolute atomic E-state index is 11.9. The highest BCUT2D eigenvalue weighted by molar-refractivity contribution is 5.77. The van der Waals surface area contributed by atoms with Crippen molar-refractivity contribution in [1.82, 2.24) is 9.47 Å². The number of amides is 1. The van der Waals surface area contributed by atoms with Crippen LogP contribution in [0.25, 0.3) is 0 Å². The molecule has 1 amide bonds. The molecule has 0 aromatic carbocycles. The Morgan fingerprint density at radius 1 is 1.40 bits per heavy atom. The van der Waals surface area contributed by atoms with Crippen LogP contribution in [0.5, 0.6) is 0 Å². The van der Waals surface area contributed by atoms with E-state index in [0.29, 0.717) is 0 Å². The highest BCUT2D eigenvalue weighted by atomic mass is 127. The number of imidazole rings is 1. The van der Waals surface area contributed by atoms with Gasteiger partial charge >= 0.3 is 6.03 Å². The highest BCUT2D eigenvalue weighted by Gasteiger charge is 2.47. The van der Waals surface area contributed by atoms with Gasteiger partial charge in [0.15, 0.2) is 0 Å². The number of fused-ring (bicyclic) bond motifs is 1. The Morgan fingerprint density at radius 3 is 2.60 bits per heavy atom. The van der Waals surface area contributed by atoms with Gasteiger partial charge in [-0.05, 0) is 18.3 Å². The fourth-order valence-corrected chi connectivity index (χ4v) is 2.28. The molecule has 15 heavy (non-hydrogen) atoms. The Hall–Kier alpha value is -0.590. The number of likely N-dealkylation sites (tertiary alicyclic amines) is 1. The average Bonchev–Trinajstić information content (AvgIpc) is 2.64. The summed E-state index contributed by atoms with van der Waals surface area (Å²) >= 11 is 0. The van der Waals surface area contributed by atoms with Crippen molar-refractivity contribution >= 4 is 6.03 Å².